The Bertz CT molecular complexity index is 909. The SMILES string of the molecule is CCN(CC)S(=O)(=O)c1ccc(=O)n(Cc2occc2C(=O)OC)c1. The monoisotopic (exact) mass is 368 g/mol. The highest BCUT2D eigenvalue weighted by Crippen LogP contribution is 2.16. The van der Waals surface area contributed by atoms with Crippen LogP contribution >= 0.6 is 0 Å². The van der Waals surface area contributed by atoms with Crippen LogP contribution in [0, 0.1) is 0 Å². The molecule has 8 nitrogen and oxygen atoms in total. The largest absolute Gasteiger partial charge is 0.467 e. The molecule has 0 amide bonds. The molecule has 0 radical (unpaired) electrons. The van der Waals surface area contributed by atoms with Crippen molar-refractivity contribution in [3.05, 3.63) is 52.3 Å². The summed E-state index contributed by atoms with van der Waals surface area (Å²) in [5.41, 5.74) is -0.225. The molecule has 0 saturated carbocycles. The molecule has 2 heterocycles. The van der Waals surface area contributed by atoms with Crippen molar-refractivity contribution in [1.82, 2.24) is 8.87 Å². The van der Waals surface area contributed by atoms with Gasteiger partial charge in [0.05, 0.1) is 24.8 Å². The normalized spacial score (nSPS) is 11.7. The third-order valence-corrected chi connectivity index (χ3v) is 5.80. The molecule has 2 aromatic rings. The van der Waals surface area contributed by atoms with E-state index in [2.05, 4.69) is 4.74 Å². The maximum absolute atomic E-state index is 12.6. The molecule has 0 spiro atoms. The number of furan rings is 1. The Hall–Kier alpha value is -2.39. The minimum atomic E-state index is -3.70. The van der Waals surface area contributed by atoms with Gasteiger partial charge < -0.3 is 13.7 Å². The number of aromatic nitrogens is 1. The maximum atomic E-state index is 12.6. The first kappa shape index (κ1) is 18.9. The second kappa shape index (κ2) is 7.66. The third kappa shape index (κ3) is 3.83. The summed E-state index contributed by atoms with van der Waals surface area (Å²) < 4.78 is 37.6. The molecule has 25 heavy (non-hydrogen) atoms. The van der Waals surface area contributed by atoms with E-state index in [9.17, 15) is 18.0 Å². The van der Waals surface area contributed by atoms with E-state index in [1.807, 2.05) is 0 Å². The summed E-state index contributed by atoms with van der Waals surface area (Å²) in [6.45, 7) is 4.04. The molecule has 0 unspecified atom stereocenters. The highest BCUT2D eigenvalue weighted by molar-refractivity contribution is 7.89. The van der Waals surface area contributed by atoms with Crippen LogP contribution < -0.4 is 5.56 Å². The molecular formula is C16H20N2O6S. The van der Waals surface area contributed by atoms with E-state index in [4.69, 9.17) is 4.42 Å². The first-order valence-corrected chi connectivity index (χ1v) is 9.14. The number of sulfonamides is 1. The second-order valence-electron chi connectivity index (χ2n) is 5.17. The van der Waals surface area contributed by atoms with Crippen LogP contribution in [0.3, 0.4) is 0 Å². The molecule has 0 atom stereocenters. The van der Waals surface area contributed by atoms with Gasteiger partial charge in [0.2, 0.25) is 10.0 Å². The zero-order chi connectivity index (χ0) is 18.6. The molecule has 0 aliphatic carbocycles. The number of carbonyl (C=O) groups excluding carboxylic acids is 1. The standard InChI is InChI=1S/C16H20N2O6S/c1-4-18(5-2)25(21,22)12-6-7-15(19)17(10-12)11-14-13(8-9-24-14)16(20)23-3/h6-10H,4-5,11H2,1-3H3. The lowest BCUT2D eigenvalue weighted by atomic mass is 10.2. The first-order chi connectivity index (χ1) is 11.8. The molecule has 0 fully saturated rings. The van der Waals surface area contributed by atoms with E-state index in [0.717, 1.165) is 0 Å². The van der Waals surface area contributed by atoms with Gasteiger partial charge in [-0.1, -0.05) is 13.8 Å². The minimum absolute atomic E-state index is 0.00183. The summed E-state index contributed by atoms with van der Waals surface area (Å²) in [5, 5.41) is 0. The van der Waals surface area contributed by atoms with E-state index in [-0.39, 0.29) is 22.8 Å². The van der Waals surface area contributed by atoms with Crippen LogP contribution in [0.2, 0.25) is 0 Å². The zero-order valence-corrected chi connectivity index (χ0v) is 15.1. The number of rotatable bonds is 7. The van der Waals surface area contributed by atoms with Crippen molar-refractivity contribution < 1.29 is 22.4 Å². The molecule has 0 N–H and O–H groups in total. The molecule has 136 valence electrons. The van der Waals surface area contributed by atoms with E-state index >= 15 is 0 Å². The Morgan fingerprint density at radius 2 is 1.92 bits per heavy atom. The summed E-state index contributed by atoms with van der Waals surface area (Å²) in [6.07, 6.45) is 2.56. The van der Waals surface area contributed by atoms with Gasteiger partial charge in [0.15, 0.2) is 0 Å². The topological polar surface area (TPSA) is 98.8 Å². The van der Waals surface area contributed by atoms with Crippen LogP contribution in [0.25, 0.3) is 0 Å². The quantitative estimate of drug-likeness (QED) is 0.683. The van der Waals surface area contributed by atoms with Gasteiger partial charge >= 0.3 is 5.97 Å². The first-order valence-electron chi connectivity index (χ1n) is 7.70. The second-order valence-corrected chi connectivity index (χ2v) is 7.11. The summed E-state index contributed by atoms with van der Waals surface area (Å²) in [4.78, 5) is 23.8. The smallest absolute Gasteiger partial charge is 0.341 e. The van der Waals surface area contributed by atoms with Crippen LogP contribution in [-0.2, 0) is 21.3 Å². The number of hydrogen-bond donors (Lipinski definition) is 0. The number of ether oxygens (including phenoxy) is 1. The van der Waals surface area contributed by atoms with E-state index in [1.165, 1.54) is 46.6 Å². The fourth-order valence-electron chi connectivity index (χ4n) is 2.41. The number of esters is 1. The van der Waals surface area contributed by atoms with Crippen molar-refractivity contribution >= 4 is 16.0 Å². The Kier molecular flexibility index (Phi) is 5.81. The molecule has 0 saturated heterocycles. The van der Waals surface area contributed by atoms with Crippen LogP contribution in [0.15, 0.2) is 44.8 Å². The lowest BCUT2D eigenvalue weighted by Gasteiger charge is -2.19. The fourth-order valence-corrected chi connectivity index (χ4v) is 3.89. The lowest BCUT2D eigenvalue weighted by molar-refractivity contribution is 0.0598. The average Bonchev–Trinajstić information content (AvgIpc) is 3.05. The fraction of sp³-hybridized carbons (Fsp3) is 0.375. The predicted octanol–water partition coefficient (Wildman–Crippen LogP) is 1.31. The molecular weight excluding hydrogens is 348 g/mol. The Morgan fingerprint density at radius 1 is 1.24 bits per heavy atom. The van der Waals surface area contributed by atoms with Gasteiger partial charge in [0.25, 0.3) is 5.56 Å². The number of hydrogen-bond acceptors (Lipinski definition) is 6. The lowest BCUT2D eigenvalue weighted by Crippen LogP contribution is -2.32. The van der Waals surface area contributed by atoms with Crippen molar-refractivity contribution in [2.75, 3.05) is 20.2 Å². The third-order valence-electron chi connectivity index (χ3n) is 3.76. The summed E-state index contributed by atoms with van der Waals surface area (Å²) in [7, 11) is -2.46. The zero-order valence-electron chi connectivity index (χ0n) is 14.3. The van der Waals surface area contributed by atoms with Gasteiger partial charge in [-0.05, 0) is 12.1 Å². The van der Waals surface area contributed by atoms with Gasteiger partial charge in [0, 0.05) is 25.4 Å². The van der Waals surface area contributed by atoms with Crippen molar-refractivity contribution in [3.8, 4) is 0 Å². The van der Waals surface area contributed by atoms with Crippen LogP contribution in [-0.4, -0.2) is 43.5 Å². The van der Waals surface area contributed by atoms with Crippen molar-refractivity contribution in [2.24, 2.45) is 0 Å². The number of methoxy groups -OCH3 is 1. The van der Waals surface area contributed by atoms with Crippen LogP contribution in [0.4, 0.5) is 0 Å². The number of nitrogens with zero attached hydrogens (tertiary/aromatic N) is 2. The average molecular weight is 368 g/mol. The van der Waals surface area contributed by atoms with Gasteiger partial charge in [-0.3, -0.25) is 4.79 Å². The molecule has 0 aliphatic heterocycles. The van der Waals surface area contributed by atoms with Gasteiger partial charge in [-0.15, -0.1) is 0 Å². The van der Waals surface area contributed by atoms with E-state index in [0.29, 0.717) is 13.1 Å². The molecule has 0 bridgehead atoms. The van der Waals surface area contributed by atoms with Crippen molar-refractivity contribution in [1.29, 1.82) is 0 Å². The van der Waals surface area contributed by atoms with Gasteiger partial charge in [-0.25, -0.2) is 13.2 Å². The Morgan fingerprint density at radius 3 is 2.52 bits per heavy atom. The number of pyridine rings is 1. The molecule has 0 aromatic carbocycles. The van der Waals surface area contributed by atoms with Crippen molar-refractivity contribution in [3.63, 3.8) is 0 Å². The summed E-state index contributed by atoms with van der Waals surface area (Å²) >= 11 is 0. The predicted molar refractivity (Wildman–Crippen MR) is 90.0 cm³/mol. The maximum Gasteiger partial charge on any atom is 0.341 e. The van der Waals surface area contributed by atoms with Crippen LogP contribution in [0.5, 0.6) is 0 Å². The summed E-state index contributed by atoms with van der Waals surface area (Å²) in [6, 6.07) is 3.88. The number of carbonyl (C=O) groups is 1. The van der Waals surface area contributed by atoms with E-state index in [1.54, 1.807) is 13.8 Å². The highest BCUT2D eigenvalue weighted by atomic mass is 32.2. The summed E-state index contributed by atoms with van der Waals surface area (Å²) in [5.74, 6) is -0.380. The molecule has 2 aromatic heterocycles. The van der Waals surface area contributed by atoms with E-state index < -0.39 is 21.6 Å². The Balaban J connectivity index is 2.43. The van der Waals surface area contributed by atoms with Crippen molar-refractivity contribution in [2.45, 2.75) is 25.3 Å². The molecule has 2 rings (SSSR count). The van der Waals surface area contributed by atoms with Gasteiger partial charge in [-0.2, -0.15) is 4.31 Å². The Labute approximate surface area is 145 Å². The highest BCUT2D eigenvalue weighted by Gasteiger charge is 2.23. The molecule has 9 heteroatoms. The minimum Gasteiger partial charge on any atom is -0.467 e. The molecule has 0 aliphatic rings. The van der Waals surface area contributed by atoms with Crippen LogP contribution in [0.1, 0.15) is 30.0 Å². The van der Waals surface area contributed by atoms with Gasteiger partial charge in [0.1, 0.15) is 11.3 Å².